The minimum absolute atomic E-state index is 0. The van der Waals surface area contributed by atoms with Crippen LogP contribution in [0.3, 0.4) is 0 Å². The second-order valence-corrected chi connectivity index (χ2v) is 5.71. The van der Waals surface area contributed by atoms with Gasteiger partial charge in [0.15, 0.2) is 0 Å². The van der Waals surface area contributed by atoms with Crippen LogP contribution in [0.1, 0.15) is 12.8 Å². The number of anilines is 1. The van der Waals surface area contributed by atoms with Gasteiger partial charge in [-0.2, -0.15) is 0 Å². The molecule has 0 unspecified atom stereocenters. The van der Waals surface area contributed by atoms with E-state index in [9.17, 15) is 4.79 Å². The fourth-order valence-corrected chi connectivity index (χ4v) is 2.33. The molecule has 5 nitrogen and oxygen atoms in total. The Morgan fingerprint density at radius 3 is 2.83 bits per heavy atom. The number of nitrogens with one attached hydrogen (secondary N) is 2. The molecular weight excluding hydrogens is 337 g/mol. The van der Waals surface area contributed by atoms with E-state index < -0.39 is 0 Å². The fourth-order valence-electron chi connectivity index (χ4n) is 2.33. The highest BCUT2D eigenvalue weighted by Crippen LogP contribution is 2.19. The molecular formula is C16H27Cl2N3O2. The summed E-state index contributed by atoms with van der Waals surface area (Å²) in [5, 5.41) is 6.24. The van der Waals surface area contributed by atoms with Crippen molar-refractivity contribution < 1.29 is 9.53 Å². The number of piperidine rings is 1. The molecule has 0 aromatic heterocycles. The lowest BCUT2D eigenvalue weighted by molar-refractivity contribution is -0.120. The SMILES string of the molecule is CN(C)CCOc1cccc(NC(=O)[C@@H]2CCCNC2)c1.Cl.Cl. The van der Waals surface area contributed by atoms with E-state index in [0.29, 0.717) is 6.61 Å². The predicted octanol–water partition coefficient (Wildman–Crippen LogP) is 2.41. The molecule has 1 fully saturated rings. The molecule has 1 aliphatic heterocycles. The van der Waals surface area contributed by atoms with Gasteiger partial charge in [-0.15, -0.1) is 24.8 Å². The molecule has 0 aliphatic carbocycles. The molecule has 0 saturated carbocycles. The molecule has 0 spiro atoms. The van der Waals surface area contributed by atoms with Crippen molar-refractivity contribution in [1.82, 2.24) is 10.2 Å². The van der Waals surface area contributed by atoms with E-state index in [4.69, 9.17) is 4.74 Å². The van der Waals surface area contributed by atoms with E-state index in [-0.39, 0.29) is 36.6 Å². The standard InChI is InChI=1S/C16H25N3O2.2ClH/c1-19(2)9-10-21-15-7-3-6-14(11-15)18-16(20)13-5-4-8-17-12-13;;/h3,6-7,11,13,17H,4-5,8-10,12H2,1-2H3,(H,18,20);2*1H/t13-;;/m1../s1. The average molecular weight is 364 g/mol. The molecule has 0 radical (unpaired) electrons. The maximum Gasteiger partial charge on any atom is 0.228 e. The van der Waals surface area contributed by atoms with Crippen molar-refractivity contribution in [1.29, 1.82) is 0 Å². The normalized spacial score (nSPS) is 16.9. The first-order valence-electron chi connectivity index (χ1n) is 7.54. The number of ether oxygens (including phenoxy) is 1. The molecule has 1 aromatic rings. The highest BCUT2D eigenvalue weighted by molar-refractivity contribution is 5.92. The van der Waals surface area contributed by atoms with Gasteiger partial charge in [0.2, 0.25) is 5.91 Å². The molecule has 1 aromatic carbocycles. The summed E-state index contributed by atoms with van der Waals surface area (Å²) in [6, 6.07) is 7.59. The van der Waals surface area contributed by atoms with Gasteiger partial charge in [-0.25, -0.2) is 0 Å². The van der Waals surface area contributed by atoms with E-state index in [1.165, 1.54) is 0 Å². The van der Waals surface area contributed by atoms with Crippen LogP contribution in [0.2, 0.25) is 0 Å². The van der Waals surface area contributed by atoms with Crippen LogP contribution in [0.25, 0.3) is 0 Å². The van der Waals surface area contributed by atoms with Gasteiger partial charge in [-0.05, 0) is 45.6 Å². The second kappa shape index (κ2) is 11.5. The summed E-state index contributed by atoms with van der Waals surface area (Å²) in [6.45, 7) is 3.28. The molecule has 1 amide bonds. The van der Waals surface area contributed by atoms with E-state index in [1.54, 1.807) is 0 Å². The van der Waals surface area contributed by atoms with Crippen molar-refractivity contribution in [2.75, 3.05) is 45.7 Å². The van der Waals surface area contributed by atoms with Crippen molar-refractivity contribution in [2.45, 2.75) is 12.8 Å². The van der Waals surface area contributed by atoms with Crippen LogP contribution in [0.15, 0.2) is 24.3 Å². The van der Waals surface area contributed by atoms with Gasteiger partial charge in [0.25, 0.3) is 0 Å². The van der Waals surface area contributed by atoms with Gasteiger partial charge in [0.05, 0.1) is 5.92 Å². The third-order valence-electron chi connectivity index (χ3n) is 3.58. The number of hydrogen-bond donors (Lipinski definition) is 2. The van der Waals surface area contributed by atoms with Gasteiger partial charge >= 0.3 is 0 Å². The van der Waals surface area contributed by atoms with E-state index in [0.717, 1.165) is 43.9 Å². The van der Waals surface area contributed by atoms with Gasteiger partial charge in [0, 0.05) is 24.8 Å². The molecule has 1 heterocycles. The molecule has 2 rings (SSSR count). The number of benzene rings is 1. The van der Waals surface area contributed by atoms with E-state index in [2.05, 4.69) is 15.5 Å². The van der Waals surface area contributed by atoms with Gasteiger partial charge < -0.3 is 20.3 Å². The van der Waals surface area contributed by atoms with Crippen LogP contribution < -0.4 is 15.4 Å². The molecule has 1 saturated heterocycles. The van der Waals surface area contributed by atoms with Crippen LogP contribution in [0.4, 0.5) is 5.69 Å². The molecule has 7 heteroatoms. The molecule has 2 N–H and O–H groups in total. The lowest BCUT2D eigenvalue weighted by Crippen LogP contribution is -2.37. The lowest BCUT2D eigenvalue weighted by atomic mass is 9.99. The van der Waals surface area contributed by atoms with Crippen LogP contribution in [0.5, 0.6) is 5.75 Å². The van der Waals surface area contributed by atoms with Crippen molar-refractivity contribution in [3.63, 3.8) is 0 Å². The summed E-state index contributed by atoms with van der Waals surface area (Å²) in [5.74, 6) is 0.945. The average Bonchev–Trinajstić information content (AvgIpc) is 2.48. The van der Waals surface area contributed by atoms with E-state index in [1.807, 2.05) is 38.4 Å². The number of nitrogens with zero attached hydrogens (tertiary/aromatic N) is 1. The van der Waals surface area contributed by atoms with E-state index >= 15 is 0 Å². The van der Waals surface area contributed by atoms with Crippen molar-refractivity contribution in [2.24, 2.45) is 5.92 Å². The second-order valence-electron chi connectivity index (χ2n) is 5.71. The minimum Gasteiger partial charge on any atom is -0.492 e. The first-order chi connectivity index (χ1) is 10.1. The van der Waals surface area contributed by atoms with Crippen LogP contribution in [-0.4, -0.2) is 51.1 Å². The number of carbonyl (C=O) groups excluding carboxylic acids is 1. The Balaban J connectivity index is 0.00000242. The van der Waals surface area contributed by atoms with Crippen LogP contribution in [0, 0.1) is 5.92 Å². The predicted molar refractivity (Wildman–Crippen MR) is 99.2 cm³/mol. The Morgan fingerprint density at radius 1 is 1.39 bits per heavy atom. The summed E-state index contributed by atoms with van der Waals surface area (Å²) >= 11 is 0. The Hall–Kier alpha value is -1.01. The van der Waals surface area contributed by atoms with Crippen LogP contribution >= 0.6 is 24.8 Å². The number of carbonyl (C=O) groups is 1. The topological polar surface area (TPSA) is 53.6 Å². The summed E-state index contributed by atoms with van der Waals surface area (Å²) < 4.78 is 5.68. The Morgan fingerprint density at radius 2 is 2.17 bits per heavy atom. The largest absolute Gasteiger partial charge is 0.492 e. The zero-order valence-electron chi connectivity index (χ0n) is 13.7. The Bertz CT molecular complexity index is 466. The smallest absolute Gasteiger partial charge is 0.228 e. The number of hydrogen-bond acceptors (Lipinski definition) is 4. The minimum atomic E-state index is 0. The highest BCUT2D eigenvalue weighted by atomic mass is 35.5. The third kappa shape index (κ3) is 7.88. The van der Waals surface area contributed by atoms with Gasteiger partial charge in [0.1, 0.15) is 12.4 Å². The summed E-state index contributed by atoms with van der Waals surface area (Å²) in [5.41, 5.74) is 0.799. The lowest BCUT2D eigenvalue weighted by Gasteiger charge is -2.22. The highest BCUT2D eigenvalue weighted by Gasteiger charge is 2.20. The first kappa shape index (κ1) is 22.0. The summed E-state index contributed by atoms with van der Waals surface area (Å²) in [4.78, 5) is 14.3. The zero-order chi connectivity index (χ0) is 15.1. The fraction of sp³-hybridized carbons (Fsp3) is 0.562. The molecule has 1 aliphatic rings. The number of likely N-dealkylation sites (N-methyl/N-ethyl adjacent to an activating group) is 1. The summed E-state index contributed by atoms with van der Waals surface area (Å²) in [6.07, 6.45) is 2.02. The quantitative estimate of drug-likeness (QED) is 0.814. The zero-order valence-corrected chi connectivity index (χ0v) is 15.3. The third-order valence-corrected chi connectivity index (χ3v) is 3.58. The number of amides is 1. The summed E-state index contributed by atoms with van der Waals surface area (Å²) in [7, 11) is 4.02. The van der Waals surface area contributed by atoms with Crippen LogP contribution in [-0.2, 0) is 4.79 Å². The molecule has 0 bridgehead atoms. The molecule has 23 heavy (non-hydrogen) atoms. The van der Waals surface area contributed by atoms with Crippen molar-refractivity contribution >= 4 is 36.4 Å². The maximum absolute atomic E-state index is 12.2. The first-order valence-corrected chi connectivity index (χ1v) is 7.54. The molecule has 1 atom stereocenters. The number of rotatable bonds is 6. The van der Waals surface area contributed by atoms with Crippen molar-refractivity contribution in [3.8, 4) is 5.75 Å². The van der Waals surface area contributed by atoms with Gasteiger partial charge in [-0.3, -0.25) is 4.79 Å². The van der Waals surface area contributed by atoms with Crippen molar-refractivity contribution in [3.05, 3.63) is 24.3 Å². The molecule has 132 valence electrons. The maximum atomic E-state index is 12.2. The monoisotopic (exact) mass is 363 g/mol. The van der Waals surface area contributed by atoms with Gasteiger partial charge in [-0.1, -0.05) is 6.07 Å². The Kier molecular flexibility index (Phi) is 11.0. The number of halogens is 2. The Labute approximate surface area is 151 Å².